The molecule has 2 rings (SSSR count). The van der Waals surface area contributed by atoms with Gasteiger partial charge in [0.25, 0.3) is 0 Å². The average Bonchev–Trinajstić information content (AvgIpc) is 3.17. The van der Waals surface area contributed by atoms with Crippen molar-refractivity contribution in [3.05, 3.63) is 11.6 Å². The van der Waals surface area contributed by atoms with Crippen LogP contribution in [0.1, 0.15) is 58.1 Å². The van der Waals surface area contributed by atoms with Gasteiger partial charge in [-0.2, -0.15) is 0 Å². The molecule has 14 heteroatoms. The van der Waals surface area contributed by atoms with Crippen LogP contribution in [0.3, 0.4) is 0 Å². The number of ether oxygens (including phenoxy) is 2. The number of ketones is 1. The second-order valence-corrected chi connectivity index (χ2v) is 13.0. The van der Waals surface area contributed by atoms with Crippen LogP contribution in [-0.2, 0) is 38.9 Å². The molecule has 186 valence electrons. The molecular formula is C19H28N2O9S3. The lowest BCUT2D eigenvalue weighted by Crippen LogP contribution is -2.40. The summed E-state index contributed by atoms with van der Waals surface area (Å²) in [6.07, 6.45) is 0.0450. The third-order valence-electron chi connectivity index (χ3n) is 5.12. The molecule has 0 spiro atoms. The highest BCUT2D eigenvalue weighted by Gasteiger charge is 2.42. The van der Waals surface area contributed by atoms with Crippen LogP contribution in [0.15, 0.2) is 14.5 Å². The van der Waals surface area contributed by atoms with Gasteiger partial charge in [-0.1, -0.05) is 0 Å². The third-order valence-corrected chi connectivity index (χ3v) is 10.4. The van der Waals surface area contributed by atoms with Crippen molar-refractivity contribution < 1.29 is 40.7 Å². The summed E-state index contributed by atoms with van der Waals surface area (Å²) in [5, 5.41) is 4.33. The number of amides is 1. The summed E-state index contributed by atoms with van der Waals surface area (Å²) in [6.45, 7) is 4.38. The second-order valence-electron chi connectivity index (χ2n) is 7.64. The van der Waals surface area contributed by atoms with Gasteiger partial charge in [0.1, 0.15) is 27.4 Å². The van der Waals surface area contributed by atoms with Crippen molar-refractivity contribution in [2.24, 2.45) is 5.14 Å². The quantitative estimate of drug-likeness (QED) is 0.354. The number of sulfonamides is 1. The molecule has 1 aliphatic heterocycles. The molecule has 2 heterocycles. The number of nitrogens with zero attached hydrogens (tertiary/aromatic N) is 1. The molecule has 0 fully saturated rings. The van der Waals surface area contributed by atoms with E-state index in [1.165, 1.54) is 24.8 Å². The summed E-state index contributed by atoms with van der Waals surface area (Å²) >= 11 is 0.571. The summed E-state index contributed by atoms with van der Waals surface area (Å²) in [5.41, 5.74) is 0.192. The Morgan fingerprint density at radius 1 is 1.21 bits per heavy atom. The Labute approximate surface area is 197 Å². The fourth-order valence-corrected chi connectivity index (χ4v) is 7.80. The van der Waals surface area contributed by atoms with Gasteiger partial charge in [0, 0.05) is 24.9 Å². The smallest absolute Gasteiger partial charge is 0.410 e. The van der Waals surface area contributed by atoms with E-state index in [-0.39, 0.29) is 58.8 Å². The van der Waals surface area contributed by atoms with Gasteiger partial charge in [0.15, 0.2) is 9.84 Å². The average molecular weight is 525 g/mol. The Morgan fingerprint density at radius 2 is 1.85 bits per heavy atom. The van der Waals surface area contributed by atoms with E-state index in [4.69, 9.17) is 14.6 Å². The molecule has 0 saturated carbocycles. The van der Waals surface area contributed by atoms with Crippen molar-refractivity contribution in [3.63, 3.8) is 0 Å². The maximum atomic E-state index is 12.7. The Bertz CT molecular complexity index is 1110. The van der Waals surface area contributed by atoms with Crippen LogP contribution in [0.5, 0.6) is 0 Å². The molecule has 0 aliphatic carbocycles. The monoisotopic (exact) mass is 524 g/mol. The van der Waals surface area contributed by atoms with E-state index < -0.39 is 43.2 Å². The van der Waals surface area contributed by atoms with Gasteiger partial charge in [-0.05, 0) is 39.7 Å². The molecule has 11 nitrogen and oxygen atoms in total. The first-order valence-corrected chi connectivity index (χ1v) is 14.2. The van der Waals surface area contributed by atoms with Gasteiger partial charge >= 0.3 is 12.1 Å². The van der Waals surface area contributed by atoms with Gasteiger partial charge in [-0.3, -0.25) is 4.79 Å². The van der Waals surface area contributed by atoms with Gasteiger partial charge in [-0.25, -0.2) is 26.8 Å². The predicted octanol–water partition coefficient (Wildman–Crippen LogP) is 1.76. The first-order chi connectivity index (χ1) is 15.3. The number of nitrogens with two attached hydrogens (primary N) is 1. The van der Waals surface area contributed by atoms with Gasteiger partial charge in [-0.15, -0.1) is 11.3 Å². The molecule has 0 aromatic carbocycles. The fraction of sp³-hybridized carbons (Fsp3) is 0.632. The highest BCUT2D eigenvalue weighted by atomic mass is 32.3. The summed E-state index contributed by atoms with van der Waals surface area (Å²) in [7, 11) is -7.89. The summed E-state index contributed by atoms with van der Waals surface area (Å²) in [6, 6.07) is 0.472. The minimum Gasteiger partial charge on any atom is -0.462 e. The molecule has 1 aliphatic rings. The third kappa shape index (κ3) is 6.74. The topological polar surface area (TPSA) is 167 Å². The summed E-state index contributed by atoms with van der Waals surface area (Å²) < 4.78 is 58.8. The van der Waals surface area contributed by atoms with Crippen LogP contribution in [0.2, 0.25) is 0 Å². The standard InChI is InChI=1S/C19H28N2O9S3/c1-4-21(19(24)30-9-8-29-16(23)7-5-6-12(2)22)15-10-13(3)32(25,26)18-14(15)11-17(31-18)33(20,27)28/h11,13,15H,4-10H2,1-3H3,(H2,20,27,28)/t13-,15-/m0/s1. The number of hydrogen-bond acceptors (Lipinski definition) is 10. The number of hydrogen-bond donors (Lipinski definition) is 1. The highest BCUT2D eigenvalue weighted by Crippen LogP contribution is 2.45. The zero-order valence-electron chi connectivity index (χ0n) is 18.6. The lowest BCUT2D eigenvalue weighted by Gasteiger charge is -2.35. The zero-order chi connectivity index (χ0) is 25.0. The van der Waals surface area contributed by atoms with E-state index in [1.807, 2.05) is 0 Å². The van der Waals surface area contributed by atoms with Gasteiger partial charge in [0.05, 0.1) is 11.3 Å². The molecule has 0 saturated heterocycles. The SMILES string of the molecule is CCN(C(=O)OCCOC(=O)CCCC(C)=O)[C@H]1C[C@H](C)S(=O)(=O)c2sc(S(N)(=O)=O)cc21. The largest absolute Gasteiger partial charge is 0.462 e. The van der Waals surface area contributed by atoms with Crippen molar-refractivity contribution in [2.75, 3.05) is 19.8 Å². The molecular weight excluding hydrogens is 496 g/mol. The van der Waals surface area contributed by atoms with Crippen LogP contribution in [-0.4, -0.2) is 64.6 Å². The molecule has 0 radical (unpaired) electrons. The van der Waals surface area contributed by atoms with E-state index in [0.717, 1.165) is 0 Å². The van der Waals surface area contributed by atoms with E-state index in [2.05, 4.69) is 0 Å². The molecule has 1 aromatic heterocycles. The summed E-state index contributed by atoms with van der Waals surface area (Å²) in [4.78, 5) is 36.5. The Morgan fingerprint density at radius 3 is 2.42 bits per heavy atom. The molecule has 33 heavy (non-hydrogen) atoms. The number of fused-ring (bicyclic) bond motifs is 1. The Kier molecular flexibility index (Phi) is 9.01. The Balaban J connectivity index is 2.07. The number of thiophene rings is 1. The lowest BCUT2D eigenvalue weighted by molar-refractivity contribution is -0.144. The van der Waals surface area contributed by atoms with Crippen LogP contribution < -0.4 is 5.14 Å². The molecule has 2 atom stereocenters. The van der Waals surface area contributed by atoms with Crippen molar-refractivity contribution in [3.8, 4) is 0 Å². The Hall–Kier alpha value is -2.03. The van der Waals surface area contributed by atoms with Crippen molar-refractivity contribution in [1.29, 1.82) is 0 Å². The second kappa shape index (κ2) is 10.9. The van der Waals surface area contributed by atoms with E-state index in [9.17, 15) is 31.2 Å². The maximum Gasteiger partial charge on any atom is 0.410 e. The lowest BCUT2D eigenvalue weighted by atomic mass is 10.0. The molecule has 1 aromatic rings. The van der Waals surface area contributed by atoms with E-state index in [0.29, 0.717) is 17.8 Å². The number of carbonyl (C=O) groups is 3. The van der Waals surface area contributed by atoms with E-state index in [1.54, 1.807) is 6.92 Å². The summed E-state index contributed by atoms with van der Waals surface area (Å²) in [5.74, 6) is -0.532. The first kappa shape index (κ1) is 27.2. The number of rotatable bonds is 10. The number of carbonyl (C=O) groups excluding carboxylic acids is 3. The minimum atomic E-state index is -4.13. The number of esters is 1. The van der Waals surface area contributed by atoms with Crippen LogP contribution in [0.4, 0.5) is 4.79 Å². The molecule has 1 amide bonds. The van der Waals surface area contributed by atoms with E-state index >= 15 is 0 Å². The fourth-order valence-electron chi connectivity index (χ4n) is 3.40. The zero-order valence-corrected chi connectivity index (χ0v) is 21.1. The van der Waals surface area contributed by atoms with Crippen LogP contribution >= 0.6 is 11.3 Å². The van der Waals surface area contributed by atoms with Crippen molar-refractivity contribution in [1.82, 2.24) is 4.90 Å². The molecule has 0 unspecified atom stereocenters. The van der Waals surface area contributed by atoms with Gasteiger partial charge < -0.3 is 19.2 Å². The van der Waals surface area contributed by atoms with Crippen molar-refractivity contribution in [2.45, 2.75) is 66.2 Å². The highest BCUT2D eigenvalue weighted by molar-refractivity contribution is 7.95. The predicted molar refractivity (Wildman–Crippen MR) is 119 cm³/mol. The normalized spacial score (nSPS) is 19.4. The first-order valence-electron chi connectivity index (χ1n) is 10.3. The van der Waals surface area contributed by atoms with Crippen LogP contribution in [0, 0.1) is 0 Å². The molecule has 2 N–H and O–H groups in total. The van der Waals surface area contributed by atoms with Gasteiger partial charge in [0.2, 0.25) is 10.0 Å². The molecule has 0 bridgehead atoms. The maximum absolute atomic E-state index is 12.7. The van der Waals surface area contributed by atoms with Crippen LogP contribution in [0.25, 0.3) is 0 Å². The minimum absolute atomic E-state index is 0.0221. The number of primary sulfonamides is 1. The number of Topliss-reactive ketones (excluding diaryl/α,β-unsaturated/α-hetero) is 1. The number of sulfone groups is 1. The van der Waals surface area contributed by atoms with Crippen molar-refractivity contribution >= 4 is 49.0 Å².